The predicted molar refractivity (Wildman–Crippen MR) is 123 cm³/mol. The summed E-state index contributed by atoms with van der Waals surface area (Å²) in [6.45, 7) is 9.59. The van der Waals surface area contributed by atoms with Gasteiger partial charge in [-0.15, -0.1) is 0 Å². The number of nitrogens with one attached hydrogen (secondary N) is 3. The maximum atomic E-state index is 12.6. The topological polar surface area (TPSA) is 70.2 Å². The second-order valence-electron chi connectivity index (χ2n) is 7.72. The number of carbonyl (C=O) groups excluding carboxylic acids is 2. The molecule has 1 atom stereocenters. The van der Waals surface area contributed by atoms with E-state index in [1.807, 2.05) is 38.1 Å². The van der Waals surface area contributed by atoms with E-state index in [1.54, 1.807) is 6.07 Å². The summed E-state index contributed by atoms with van der Waals surface area (Å²) in [5, 5.41) is 8.73. The van der Waals surface area contributed by atoms with E-state index in [4.69, 9.17) is 12.2 Å². The van der Waals surface area contributed by atoms with Crippen LogP contribution in [0.2, 0.25) is 0 Å². The maximum absolute atomic E-state index is 12.6. The average Bonchev–Trinajstić information content (AvgIpc) is 2.63. The summed E-state index contributed by atoms with van der Waals surface area (Å²) >= 11 is 5.28. The molecule has 0 spiro atoms. The van der Waals surface area contributed by atoms with Crippen molar-refractivity contribution in [3.05, 3.63) is 59.2 Å². The van der Waals surface area contributed by atoms with Crippen LogP contribution in [-0.4, -0.2) is 16.9 Å². The van der Waals surface area contributed by atoms with Gasteiger partial charge in [0.05, 0.1) is 5.92 Å². The fourth-order valence-electron chi connectivity index (χ4n) is 2.97. The van der Waals surface area contributed by atoms with Gasteiger partial charge in [0, 0.05) is 18.3 Å². The van der Waals surface area contributed by atoms with Gasteiger partial charge in [0.15, 0.2) is 5.11 Å². The first-order valence-electron chi connectivity index (χ1n) is 9.74. The van der Waals surface area contributed by atoms with Crippen molar-refractivity contribution >= 4 is 40.5 Å². The Kier molecular flexibility index (Phi) is 7.91. The Bertz CT molecular complexity index is 891. The highest BCUT2D eigenvalue weighted by Crippen LogP contribution is 2.21. The second kappa shape index (κ2) is 10.2. The molecular weight excluding hydrogens is 382 g/mol. The highest BCUT2D eigenvalue weighted by atomic mass is 32.1. The number of hydrogen-bond donors (Lipinski definition) is 3. The van der Waals surface area contributed by atoms with E-state index in [0.29, 0.717) is 17.3 Å². The molecule has 0 saturated carbocycles. The average molecular weight is 412 g/mol. The van der Waals surface area contributed by atoms with Gasteiger partial charge in [-0.25, -0.2) is 0 Å². The third kappa shape index (κ3) is 6.98. The molecule has 0 bridgehead atoms. The first kappa shape index (κ1) is 22.6. The highest BCUT2D eigenvalue weighted by molar-refractivity contribution is 7.80. The quantitative estimate of drug-likeness (QED) is 0.599. The number of thiocarbonyl (C=S) groups is 1. The third-order valence-electron chi connectivity index (χ3n) is 4.56. The Hall–Kier alpha value is -2.73. The zero-order chi connectivity index (χ0) is 21.6. The van der Waals surface area contributed by atoms with Crippen LogP contribution in [-0.2, 0) is 16.0 Å². The van der Waals surface area contributed by atoms with E-state index in [0.717, 1.165) is 17.5 Å². The van der Waals surface area contributed by atoms with Crippen molar-refractivity contribution in [2.75, 3.05) is 10.6 Å². The molecule has 0 aliphatic rings. The predicted octanol–water partition coefficient (Wildman–Crippen LogP) is 4.77. The summed E-state index contributed by atoms with van der Waals surface area (Å²) in [5.74, 6) is -0.0450. The Morgan fingerprint density at radius 3 is 2.24 bits per heavy atom. The number of aryl methyl sites for hydroxylation is 1. The molecule has 0 aliphatic heterocycles. The minimum Gasteiger partial charge on any atom is -0.332 e. The van der Waals surface area contributed by atoms with Gasteiger partial charge < -0.3 is 16.0 Å². The van der Waals surface area contributed by atoms with Gasteiger partial charge in [0.25, 0.3) is 0 Å². The van der Waals surface area contributed by atoms with Gasteiger partial charge in [0.2, 0.25) is 11.8 Å². The van der Waals surface area contributed by atoms with Crippen molar-refractivity contribution < 1.29 is 9.59 Å². The lowest BCUT2D eigenvalue weighted by atomic mass is 9.96. The number of rotatable bonds is 6. The molecule has 0 radical (unpaired) electrons. The normalized spacial score (nSPS) is 11.7. The molecule has 2 aromatic rings. The molecule has 6 heteroatoms. The molecule has 0 heterocycles. The second-order valence-corrected chi connectivity index (χ2v) is 8.12. The first-order valence-corrected chi connectivity index (χ1v) is 10.2. The largest absolute Gasteiger partial charge is 0.332 e. The first-order chi connectivity index (χ1) is 13.7. The molecule has 2 amide bonds. The molecule has 2 rings (SSSR count). The van der Waals surface area contributed by atoms with Gasteiger partial charge in [-0.05, 0) is 67.2 Å². The third-order valence-corrected chi connectivity index (χ3v) is 4.76. The van der Waals surface area contributed by atoms with Gasteiger partial charge in [-0.1, -0.05) is 44.2 Å². The number of amides is 2. The van der Waals surface area contributed by atoms with E-state index >= 15 is 0 Å². The number of hydrogen-bond acceptors (Lipinski definition) is 3. The van der Waals surface area contributed by atoms with Gasteiger partial charge in [0.1, 0.15) is 0 Å². The van der Waals surface area contributed by atoms with E-state index in [9.17, 15) is 9.59 Å². The molecular formula is C23H29N3O2S. The summed E-state index contributed by atoms with van der Waals surface area (Å²) < 4.78 is 0. The molecule has 154 valence electrons. The molecule has 0 fully saturated rings. The van der Waals surface area contributed by atoms with Crippen molar-refractivity contribution in [3.8, 4) is 0 Å². The Morgan fingerprint density at radius 2 is 1.66 bits per heavy atom. The van der Waals surface area contributed by atoms with Gasteiger partial charge in [-0.3, -0.25) is 9.59 Å². The van der Waals surface area contributed by atoms with Crippen LogP contribution in [0.5, 0.6) is 0 Å². The molecule has 2 aromatic carbocycles. The van der Waals surface area contributed by atoms with Crippen LogP contribution < -0.4 is 16.0 Å². The summed E-state index contributed by atoms with van der Waals surface area (Å²) in [5.41, 5.74) is 4.54. The lowest BCUT2D eigenvalue weighted by Gasteiger charge is -2.16. The highest BCUT2D eigenvalue weighted by Gasteiger charge is 2.16. The van der Waals surface area contributed by atoms with Gasteiger partial charge >= 0.3 is 0 Å². The van der Waals surface area contributed by atoms with Crippen molar-refractivity contribution in [3.63, 3.8) is 0 Å². The monoisotopic (exact) mass is 411 g/mol. The molecule has 5 nitrogen and oxygen atoms in total. The molecule has 0 saturated heterocycles. The van der Waals surface area contributed by atoms with E-state index in [2.05, 4.69) is 41.9 Å². The number of carbonyl (C=O) groups is 2. The molecule has 3 N–H and O–H groups in total. The minimum absolute atomic E-state index is 0.144. The van der Waals surface area contributed by atoms with Crippen molar-refractivity contribution in [1.29, 1.82) is 0 Å². The fraction of sp³-hybridized carbons (Fsp3) is 0.348. The van der Waals surface area contributed by atoms with Crippen LogP contribution in [0.25, 0.3) is 0 Å². The summed E-state index contributed by atoms with van der Waals surface area (Å²) in [4.78, 5) is 23.9. The Labute approximate surface area is 178 Å². The van der Waals surface area contributed by atoms with Gasteiger partial charge in [-0.2, -0.15) is 0 Å². The Morgan fingerprint density at radius 1 is 1.00 bits per heavy atom. The molecule has 29 heavy (non-hydrogen) atoms. The van der Waals surface area contributed by atoms with Crippen LogP contribution >= 0.6 is 12.2 Å². The zero-order valence-corrected chi connectivity index (χ0v) is 18.4. The SMILES string of the molecule is CC(=O)Nc1cc(NC(=S)NC(=O)C(C)c2ccc(CC(C)C)cc2)ccc1C. The minimum atomic E-state index is -0.323. The lowest BCUT2D eigenvalue weighted by Crippen LogP contribution is -2.36. The lowest BCUT2D eigenvalue weighted by molar-refractivity contribution is -0.120. The summed E-state index contributed by atoms with van der Waals surface area (Å²) in [6.07, 6.45) is 1.02. The standard InChI is InChI=1S/C23H29N3O2S/c1-14(2)12-18-7-9-19(10-8-18)16(4)22(28)26-23(29)25-20-11-6-15(3)21(13-20)24-17(5)27/h6-11,13-14,16H,12H2,1-5H3,(H,24,27)(H2,25,26,28,29). The van der Waals surface area contributed by atoms with Crippen molar-refractivity contribution in [2.24, 2.45) is 5.92 Å². The van der Waals surface area contributed by atoms with Crippen molar-refractivity contribution in [1.82, 2.24) is 5.32 Å². The smallest absolute Gasteiger partial charge is 0.233 e. The summed E-state index contributed by atoms with van der Waals surface area (Å²) in [6, 6.07) is 13.6. The van der Waals surface area contributed by atoms with Crippen LogP contribution in [0.4, 0.5) is 11.4 Å². The molecule has 1 unspecified atom stereocenters. The maximum Gasteiger partial charge on any atom is 0.233 e. The number of benzene rings is 2. The van der Waals surface area contributed by atoms with E-state index < -0.39 is 0 Å². The summed E-state index contributed by atoms with van der Waals surface area (Å²) in [7, 11) is 0. The van der Waals surface area contributed by atoms with E-state index in [-0.39, 0.29) is 22.8 Å². The van der Waals surface area contributed by atoms with Crippen LogP contribution in [0, 0.1) is 12.8 Å². The molecule has 0 aliphatic carbocycles. The van der Waals surface area contributed by atoms with Crippen LogP contribution in [0.15, 0.2) is 42.5 Å². The fourth-order valence-corrected chi connectivity index (χ4v) is 3.19. The number of anilines is 2. The van der Waals surface area contributed by atoms with Crippen molar-refractivity contribution in [2.45, 2.75) is 47.0 Å². The van der Waals surface area contributed by atoms with Crippen LogP contribution in [0.3, 0.4) is 0 Å². The van der Waals surface area contributed by atoms with E-state index in [1.165, 1.54) is 12.5 Å². The molecule has 0 aromatic heterocycles. The Balaban J connectivity index is 1.98. The van der Waals surface area contributed by atoms with Crippen LogP contribution in [0.1, 0.15) is 50.3 Å². The zero-order valence-electron chi connectivity index (χ0n) is 17.6.